The molecule has 8 heteroatoms. The Morgan fingerprint density at radius 3 is 2.71 bits per heavy atom. The molecule has 0 saturated carbocycles. The summed E-state index contributed by atoms with van der Waals surface area (Å²) in [6.07, 6.45) is 5.04. The second-order valence-electron chi connectivity index (χ2n) is 3.38. The molecule has 0 aromatic carbocycles. The zero-order valence-corrected chi connectivity index (χ0v) is 10.4. The van der Waals surface area contributed by atoms with Crippen molar-refractivity contribution in [1.82, 2.24) is 9.47 Å². The van der Waals surface area contributed by atoms with E-state index in [1.165, 1.54) is 16.2 Å². The van der Waals surface area contributed by atoms with Crippen molar-refractivity contribution in [2.24, 2.45) is 0 Å². The van der Waals surface area contributed by atoms with Crippen LogP contribution < -0.4 is 4.68 Å². The highest BCUT2D eigenvalue weighted by atomic mass is 32.2. The van der Waals surface area contributed by atoms with Crippen LogP contribution in [0.25, 0.3) is 11.1 Å². The van der Waals surface area contributed by atoms with Gasteiger partial charge in [-0.15, -0.1) is 0 Å². The van der Waals surface area contributed by atoms with Crippen LogP contribution in [0.4, 0.5) is 0 Å². The zero-order chi connectivity index (χ0) is 12.3. The summed E-state index contributed by atoms with van der Waals surface area (Å²) < 4.78 is 35.2. The smallest absolute Gasteiger partial charge is 0.271 e. The largest absolute Gasteiger partial charge is 0.285 e. The molecule has 2 heterocycles. The van der Waals surface area contributed by atoms with Gasteiger partial charge in [0.25, 0.3) is 10.1 Å². The third-order valence-corrected chi connectivity index (χ3v) is 3.40. The van der Waals surface area contributed by atoms with Crippen LogP contribution in [0.3, 0.4) is 0 Å². The van der Waals surface area contributed by atoms with E-state index < -0.39 is 10.1 Å². The topological polar surface area (TPSA) is 84.0 Å². The fourth-order valence-corrected chi connectivity index (χ4v) is 2.21. The van der Waals surface area contributed by atoms with Crippen molar-refractivity contribution in [2.75, 3.05) is 5.75 Å². The van der Waals surface area contributed by atoms with Crippen molar-refractivity contribution < 1.29 is 17.7 Å². The van der Waals surface area contributed by atoms with Crippen LogP contribution in [-0.2, 0) is 16.7 Å². The highest BCUT2D eigenvalue weighted by molar-refractivity contribution is 7.85. The second kappa shape index (κ2) is 4.86. The first-order valence-corrected chi connectivity index (χ1v) is 7.20. The lowest BCUT2D eigenvalue weighted by Gasteiger charge is -1.95. The number of aryl methyl sites for hydroxylation is 1. The van der Waals surface area contributed by atoms with Crippen molar-refractivity contribution in [3.8, 4) is 11.1 Å². The lowest BCUT2D eigenvalue weighted by Crippen LogP contribution is -2.40. The fraction of sp³-hybridized carbons (Fsp3) is 0.222. The first-order valence-electron chi connectivity index (χ1n) is 4.75. The van der Waals surface area contributed by atoms with E-state index in [-0.39, 0.29) is 12.3 Å². The van der Waals surface area contributed by atoms with Gasteiger partial charge < -0.3 is 0 Å². The van der Waals surface area contributed by atoms with Gasteiger partial charge in [0, 0.05) is 28.8 Å². The lowest BCUT2D eigenvalue weighted by atomic mass is 10.2. The molecule has 0 fully saturated rings. The summed E-state index contributed by atoms with van der Waals surface area (Å²) in [6, 6.07) is 1.82. The first-order chi connectivity index (χ1) is 8.04. The van der Waals surface area contributed by atoms with E-state index in [4.69, 9.17) is 4.55 Å². The fourth-order valence-electron chi connectivity index (χ4n) is 1.24. The summed E-state index contributed by atoms with van der Waals surface area (Å²) in [5, 5.41) is 5.96. The van der Waals surface area contributed by atoms with E-state index in [0.717, 1.165) is 11.1 Å². The Morgan fingerprint density at radius 2 is 2.18 bits per heavy atom. The molecular formula is C9H10N3O3S2+. The molecule has 17 heavy (non-hydrogen) atoms. The summed E-state index contributed by atoms with van der Waals surface area (Å²) in [4.78, 5) is 0. The van der Waals surface area contributed by atoms with Gasteiger partial charge >= 0.3 is 0 Å². The van der Waals surface area contributed by atoms with Crippen molar-refractivity contribution >= 4 is 21.7 Å². The maximum absolute atomic E-state index is 10.6. The Kier molecular flexibility index (Phi) is 3.46. The van der Waals surface area contributed by atoms with Gasteiger partial charge in [0.05, 0.1) is 0 Å². The Labute approximate surface area is 102 Å². The number of hydrogen-bond donors (Lipinski definition) is 1. The average molecular weight is 272 g/mol. The van der Waals surface area contributed by atoms with E-state index >= 15 is 0 Å². The first kappa shape index (κ1) is 12.1. The van der Waals surface area contributed by atoms with Gasteiger partial charge in [-0.1, -0.05) is 4.68 Å². The van der Waals surface area contributed by atoms with Crippen molar-refractivity contribution in [2.45, 2.75) is 6.54 Å². The maximum atomic E-state index is 10.6. The third-order valence-electron chi connectivity index (χ3n) is 2.12. The summed E-state index contributed by atoms with van der Waals surface area (Å²) in [5.41, 5.74) is 1.89. The Hall–Kier alpha value is -1.38. The molecule has 2 rings (SSSR count). The quantitative estimate of drug-likeness (QED) is 0.642. The molecule has 0 amide bonds. The van der Waals surface area contributed by atoms with Gasteiger partial charge in [-0.2, -0.15) is 8.42 Å². The van der Waals surface area contributed by atoms with Crippen LogP contribution in [0.2, 0.25) is 0 Å². The minimum Gasteiger partial charge on any atom is -0.285 e. The second-order valence-corrected chi connectivity index (χ2v) is 5.61. The standard InChI is InChI=1S/C9H9N3O3S2/c13-17(14,15)4-3-12-2-1-8(5-10-12)9-6-11-16-7-9/h1-2,5-7H,3-4H2/p+1. The van der Waals surface area contributed by atoms with Crippen LogP contribution in [0.1, 0.15) is 0 Å². The van der Waals surface area contributed by atoms with E-state index in [1.54, 1.807) is 18.6 Å². The molecule has 0 aliphatic heterocycles. The summed E-state index contributed by atoms with van der Waals surface area (Å²) >= 11 is 1.36. The van der Waals surface area contributed by atoms with Gasteiger partial charge in [0.1, 0.15) is 11.9 Å². The number of rotatable bonds is 4. The number of aromatic nitrogens is 3. The van der Waals surface area contributed by atoms with Crippen molar-refractivity contribution in [3.63, 3.8) is 0 Å². The molecule has 0 atom stereocenters. The third kappa shape index (κ3) is 3.55. The molecular weight excluding hydrogens is 262 g/mol. The van der Waals surface area contributed by atoms with Gasteiger partial charge in [-0.05, 0) is 16.6 Å². The van der Waals surface area contributed by atoms with Crippen molar-refractivity contribution in [1.29, 1.82) is 0 Å². The maximum Gasteiger partial charge on any atom is 0.271 e. The van der Waals surface area contributed by atoms with E-state index in [1.807, 2.05) is 11.4 Å². The molecule has 0 unspecified atom stereocenters. The summed E-state index contributed by atoms with van der Waals surface area (Å²) in [7, 11) is -3.94. The normalized spacial score (nSPS) is 11.6. The predicted molar refractivity (Wildman–Crippen MR) is 62.0 cm³/mol. The van der Waals surface area contributed by atoms with Gasteiger partial charge in [-0.25, -0.2) is 4.37 Å². The molecule has 0 saturated heterocycles. The van der Waals surface area contributed by atoms with Crippen LogP contribution in [-0.4, -0.2) is 28.2 Å². The van der Waals surface area contributed by atoms with Crippen LogP contribution in [0.5, 0.6) is 0 Å². The predicted octanol–water partition coefficient (Wildman–Crippen LogP) is 0.380. The number of hydrogen-bond acceptors (Lipinski definition) is 5. The molecule has 90 valence electrons. The molecule has 6 nitrogen and oxygen atoms in total. The molecule has 0 aliphatic carbocycles. The van der Waals surface area contributed by atoms with Crippen LogP contribution in [0.15, 0.2) is 30.0 Å². The van der Waals surface area contributed by atoms with E-state index in [9.17, 15) is 8.42 Å². The molecule has 2 aromatic heterocycles. The minimum atomic E-state index is -3.94. The van der Waals surface area contributed by atoms with Crippen molar-refractivity contribution in [3.05, 3.63) is 30.0 Å². The molecule has 0 aliphatic rings. The average Bonchev–Trinajstić information content (AvgIpc) is 2.79. The highest BCUT2D eigenvalue weighted by Crippen LogP contribution is 2.17. The number of nitrogens with zero attached hydrogens (tertiary/aromatic N) is 3. The minimum absolute atomic E-state index is 0.126. The Bertz CT molecular complexity index is 578. The molecule has 0 radical (unpaired) electrons. The monoisotopic (exact) mass is 272 g/mol. The Balaban J connectivity index is 2.09. The van der Waals surface area contributed by atoms with Gasteiger partial charge in [0.15, 0.2) is 12.7 Å². The Morgan fingerprint density at radius 1 is 1.35 bits per heavy atom. The summed E-state index contributed by atoms with van der Waals surface area (Å²) in [5.74, 6) is -0.343. The molecule has 0 spiro atoms. The van der Waals surface area contributed by atoms with E-state index in [0.29, 0.717) is 0 Å². The highest BCUT2D eigenvalue weighted by Gasteiger charge is 2.11. The summed E-state index contributed by atoms with van der Waals surface area (Å²) in [6.45, 7) is 0.126. The van der Waals surface area contributed by atoms with Crippen LogP contribution in [0, 0.1) is 0 Å². The van der Waals surface area contributed by atoms with Crippen LogP contribution >= 0.6 is 11.5 Å². The zero-order valence-electron chi connectivity index (χ0n) is 8.72. The lowest BCUT2D eigenvalue weighted by molar-refractivity contribution is -0.750. The molecule has 1 N–H and O–H groups in total. The molecule has 0 bridgehead atoms. The van der Waals surface area contributed by atoms with Gasteiger partial charge in [0.2, 0.25) is 0 Å². The van der Waals surface area contributed by atoms with E-state index in [2.05, 4.69) is 9.47 Å². The molecule has 2 aromatic rings. The SMILES string of the molecule is O=S(=O)(O)CC[n+]1ccc(-c2cnsc2)cn1. The van der Waals surface area contributed by atoms with Gasteiger partial charge in [-0.3, -0.25) is 4.55 Å².